The summed E-state index contributed by atoms with van der Waals surface area (Å²) in [7, 11) is 0. The number of nitro groups is 1. The summed E-state index contributed by atoms with van der Waals surface area (Å²) >= 11 is 7.11. The normalized spacial score (nSPS) is 15.2. The molecule has 0 spiro atoms. The molecule has 9 nitrogen and oxygen atoms in total. The van der Waals surface area contributed by atoms with Crippen LogP contribution < -0.4 is 14.9 Å². The molecule has 4 aromatic rings. The summed E-state index contributed by atoms with van der Waals surface area (Å²) in [5.74, 6) is 0.381. The highest BCUT2D eigenvalue weighted by Crippen LogP contribution is 2.34. The molecule has 0 radical (unpaired) electrons. The Balaban J connectivity index is 1.63. The summed E-state index contributed by atoms with van der Waals surface area (Å²) in [6, 6.07) is 14.7. The van der Waals surface area contributed by atoms with Gasteiger partial charge in [-0.3, -0.25) is 19.5 Å². The largest absolute Gasteiger partial charge is 0.463 e. The molecule has 0 bridgehead atoms. The van der Waals surface area contributed by atoms with Gasteiger partial charge in [0.15, 0.2) is 4.80 Å². The van der Waals surface area contributed by atoms with Crippen LogP contribution in [0.2, 0.25) is 5.02 Å². The number of fused-ring (bicyclic) bond motifs is 1. The van der Waals surface area contributed by atoms with Gasteiger partial charge < -0.3 is 9.15 Å². The molecule has 2 aromatic carbocycles. The van der Waals surface area contributed by atoms with Crippen molar-refractivity contribution in [2.24, 2.45) is 4.99 Å². The topological polar surface area (TPSA) is 117 Å². The molecule has 0 amide bonds. The molecular formula is C30H26ClN3O6S. The van der Waals surface area contributed by atoms with Crippen LogP contribution in [0.1, 0.15) is 56.5 Å². The molecule has 1 atom stereocenters. The molecule has 3 heterocycles. The summed E-state index contributed by atoms with van der Waals surface area (Å²) in [5.41, 5.74) is 2.39. The summed E-state index contributed by atoms with van der Waals surface area (Å²) in [6.07, 6.45) is 1.57. The van der Waals surface area contributed by atoms with Crippen molar-refractivity contribution in [1.82, 2.24) is 4.57 Å². The van der Waals surface area contributed by atoms with Crippen molar-refractivity contribution in [1.29, 1.82) is 0 Å². The lowest BCUT2D eigenvalue weighted by Gasteiger charge is -2.25. The van der Waals surface area contributed by atoms with E-state index in [2.05, 4.69) is 18.8 Å². The molecular weight excluding hydrogens is 566 g/mol. The Labute approximate surface area is 243 Å². The van der Waals surface area contributed by atoms with Gasteiger partial charge in [-0.25, -0.2) is 9.79 Å². The third-order valence-corrected chi connectivity index (χ3v) is 7.98. The summed E-state index contributed by atoms with van der Waals surface area (Å²) < 4.78 is 13.1. The van der Waals surface area contributed by atoms with E-state index in [4.69, 9.17) is 20.8 Å². The zero-order valence-corrected chi connectivity index (χ0v) is 24.3. The lowest BCUT2D eigenvalue weighted by Crippen LogP contribution is -2.39. The van der Waals surface area contributed by atoms with Crippen LogP contribution in [0.15, 0.2) is 80.1 Å². The number of carbonyl (C=O) groups is 1. The second-order valence-corrected chi connectivity index (χ2v) is 11.2. The molecule has 1 aliphatic rings. The summed E-state index contributed by atoms with van der Waals surface area (Å²) in [4.78, 5) is 43.0. The van der Waals surface area contributed by atoms with E-state index in [9.17, 15) is 19.7 Å². The van der Waals surface area contributed by atoms with Gasteiger partial charge in [0.05, 0.1) is 38.9 Å². The number of halogens is 1. The minimum atomic E-state index is -0.724. The van der Waals surface area contributed by atoms with E-state index in [1.165, 1.54) is 28.0 Å². The molecule has 1 aliphatic heterocycles. The van der Waals surface area contributed by atoms with Crippen molar-refractivity contribution < 1.29 is 18.9 Å². The number of nitrogens with zero attached hydrogens (tertiary/aromatic N) is 3. The predicted octanol–water partition coefficient (Wildman–Crippen LogP) is 5.74. The molecule has 41 heavy (non-hydrogen) atoms. The second kappa shape index (κ2) is 11.3. The Morgan fingerprint density at radius 1 is 1.22 bits per heavy atom. The highest BCUT2D eigenvalue weighted by Gasteiger charge is 2.33. The number of aromatic nitrogens is 1. The van der Waals surface area contributed by atoms with E-state index in [-0.39, 0.29) is 34.2 Å². The molecule has 210 valence electrons. The van der Waals surface area contributed by atoms with E-state index in [1.807, 2.05) is 24.3 Å². The van der Waals surface area contributed by atoms with Crippen molar-refractivity contribution in [2.45, 2.75) is 39.7 Å². The summed E-state index contributed by atoms with van der Waals surface area (Å²) in [6.45, 7) is 7.84. The zero-order valence-electron chi connectivity index (χ0n) is 22.7. The molecule has 0 saturated heterocycles. The molecule has 5 rings (SSSR count). The number of esters is 1. The molecule has 2 aromatic heterocycles. The Bertz CT molecular complexity index is 1880. The number of benzene rings is 2. The van der Waals surface area contributed by atoms with Crippen LogP contribution in [-0.4, -0.2) is 22.1 Å². The fourth-order valence-electron chi connectivity index (χ4n) is 4.74. The fourth-order valence-corrected chi connectivity index (χ4v) is 5.93. The van der Waals surface area contributed by atoms with Crippen LogP contribution in [0.3, 0.4) is 0 Å². The lowest BCUT2D eigenvalue weighted by molar-refractivity contribution is -0.384. The van der Waals surface area contributed by atoms with Crippen molar-refractivity contribution >= 4 is 40.7 Å². The van der Waals surface area contributed by atoms with Crippen LogP contribution in [0, 0.1) is 10.1 Å². The van der Waals surface area contributed by atoms with E-state index < -0.39 is 16.9 Å². The number of carbonyl (C=O) groups excluding carboxylic acids is 1. The van der Waals surface area contributed by atoms with Crippen molar-refractivity contribution in [3.63, 3.8) is 0 Å². The van der Waals surface area contributed by atoms with E-state index in [0.29, 0.717) is 32.3 Å². The first-order valence-electron chi connectivity index (χ1n) is 12.9. The van der Waals surface area contributed by atoms with E-state index in [0.717, 1.165) is 11.1 Å². The Morgan fingerprint density at radius 3 is 2.61 bits per heavy atom. The van der Waals surface area contributed by atoms with Crippen LogP contribution >= 0.6 is 22.9 Å². The number of hydrogen-bond donors (Lipinski definition) is 0. The Morgan fingerprint density at radius 2 is 1.95 bits per heavy atom. The van der Waals surface area contributed by atoms with Gasteiger partial charge in [-0.15, -0.1) is 0 Å². The van der Waals surface area contributed by atoms with E-state index in [1.54, 1.807) is 38.1 Å². The number of furan rings is 1. The first-order valence-corrected chi connectivity index (χ1v) is 14.1. The lowest BCUT2D eigenvalue weighted by atomic mass is 9.93. The molecule has 0 fully saturated rings. The molecule has 0 aliphatic carbocycles. The number of allylic oxidation sites excluding steroid dienone is 1. The maximum absolute atomic E-state index is 13.8. The number of ether oxygens (including phenoxy) is 1. The van der Waals surface area contributed by atoms with Crippen molar-refractivity contribution in [3.05, 3.63) is 118 Å². The monoisotopic (exact) mass is 591 g/mol. The second-order valence-electron chi connectivity index (χ2n) is 9.74. The first kappa shape index (κ1) is 28.3. The van der Waals surface area contributed by atoms with Crippen LogP contribution in [0.5, 0.6) is 0 Å². The molecule has 0 saturated carbocycles. The van der Waals surface area contributed by atoms with Crippen molar-refractivity contribution in [2.75, 3.05) is 6.61 Å². The van der Waals surface area contributed by atoms with Crippen molar-refractivity contribution in [3.8, 4) is 11.3 Å². The predicted molar refractivity (Wildman–Crippen MR) is 157 cm³/mol. The zero-order chi connectivity index (χ0) is 29.4. The number of thiazole rings is 1. The quantitative estimate of drug-likeness (QED) is 0.154. The van der Waals surface area contributed by atoms with Crippen LogP contribution in [0.4, 0.5) is 5.69 Å². The SMILES string of the molecule is CCOC(=O)C1=C(C)N=c2s/c(=C\c3ccc(-c4ccc(Cl)cc4[N+](=O)[O-])o3)c(=O)n2[C@@H]1c1ccc(C(C)C)cc1. The highest BCUT2D eigenvalue weighted by molar-refractivity contribution is 7.07. The molecule has 0 unspecified atom stereocenters. The average Bonchev–Trinajstić information content (AvgIpc) is 3.52. The van der Waals surface area contributed by atoms with Gasteiger partial charge in [0.1, 0.15) is 11.5 Å². The standard InChI is InChI=1S/C30H26ClN3O6S/c1-5-39-29(36)26-17(4)32-30-33(27(26)19-8-6-18(7-9-19)16(2)3)28(35)25(41-30)15-21-11-13-24(40-21)22-12-10-20(31)14-23(22)34(37)38/h6-16,27H,5H2,1-4H3/b25-15-/t27-/m1/s1. The highest BCUT2D eigenvalue weighted by atomic mass is 35.5. The summed E-state index contributed by atoms with van der Waals surface area (Å²) in [5, 5.41) is 11.8. The maximum atomic E-state index is 13.8. The fraction of sp³-hybridized carbons (Fsp3) is 0.233. The number of rotatable bonds is 7. The first-order chi connectivity index (χ1) is 19.6. The molecule has 0 N–H and O–H groups in total. The molecule has 11 heteroatoms. The van der Waals surface area contributed by atoms with Gasteiger partial charge in [0, 0.05) is 17.2 Å². The minimum Gasteiger partial charge on any atom is -0.463 e. The average molecular weight is 592 g/mol. The number of hydrogen-bond acceptors (Lipinski definition) is 8. The third kappa shape index (κ3) is 5.40. The van der Waals surface area contributed by atoms with Gasteiger partial charge in [0.2, 0.25) is 0 Å². The van der Waals surface area contributed by atoms with E-state index >= 15 is 0 Å². The minimum absolute atomic E-state index is 0.186. The van der Waals surface area contributed by atoms with Crippen LogP contribution in [0.25, 0.3) is 17.4 Å². The van der Waals surface area contributed by atoms with Gasteiger partial charge in [-0.2, -0.15) is 0 Å². The third-order valence-electron chi connectivity index (χ3n) is 6.76. The van der Waals surface area contributed by atoms with Gasteiger partial charge in [0.25, 0.3) is 11.2 Å². The van der Waals surface area contributed by atoms with Crippen LogP contribution in [-0.2, 0) is 9.53 Å². The van der Waals surface area contributed by atoms with Gasteiger partial charge >= 0.3 is 5.97 Å². The maximum Gasteiger partial charge on any atom is 0.338 e. The van der Waals surface area contributed by atoms with Gasteiger partial charge in [-0.1, -0.05) is 61.1 Å². The Kier molecular flexibility index (Phi) is 7.79. The number of nitro benzene ring substituents is 1. The smallest absolute Gasteiger partial charge is 0.338 e. The van der Waals surface area contributed by atoms with Gasteiger partial charge in [-0.05, 0) is 55.2 Å². The Hall–Kier alpha value is -4.28.